The van der Waals surface area contributed by atoms with Gasteiger partial charge in [0.15, 0.2) is 0 Å². The summed E-state index contributed by atoms with van der Waals surface area (Å²) in [6.45, 7) is 4.80. The minimum atomic E-state index is 0.280. The van der Waals surface area contributed by atoms with Gasteiger partial charge in [-0.05, 0) is 99.4 Å². The molecule has 2 heterocycles. The maximum atomic E-state index is 9.87. The molecule has 1 fully saturated rings. The average molecular weight is 393 g/mol. The Bertz CT molecular complexity index is 924. The predicted octanol–water partition coefficient (Wildman–Crippen LogP) is 5.77. The first-order valence-electron chi connectivity index (χ1n) is 11.0. The lowest BCUT2D eigenvalue weighted by Gasteiger charge is -2.26. The Balaban J connectivity index is 1.40. The van der Waals surface area contributed by atoms with E-state index in [2.05, 4.69) is 15.5 Å². The number of nitrogens with zero attached hydrogens (tertiary/aromatic N) is 2. The van der Waals surface area contributed by atoms with Crippen LogP contribution in [0.3, 0.4) is 0 Å². The summed E-state index contributed by atoms with van der Waals surface area (Å²) in [5.74, 6) is 0.576. The molecule has 0 unspecified atom stereocenters. The quantitative estimate of drug-likeness (QED) is 0.479. The number of phenols is 2. The van der Waals surface area contributed by atoms with Gasteiger partial charge < -0.3 is 19.7 Å². The Kier molecular flexibility index (Phi) is 6.40. The van der Waals surface area contributed by atoms with E-state index >= 15 is 0 Å². The largest absolute Gasteiger partial charge is 0.508 e. The Labute approximate surface area is 173 Å². The van der Waals surface area contributed by atoms with Crippen molar-refractivity contribution in [3.63, 3.8) is 0 Å². The minimum Gasteiger partial charge on any atom is -0.508 e. The lowest BCUT2D eigenvalue weighted by atomic mass is 10.1. The summed E-state index contributed by atoms with van der Waals surface area (Å²) in [7, 11) is 0. The Morgan fingerprint density at radius 2 is 1.38 bits per heavy atom. The van der Waals surface area contributed by atoms with E-state index in [4.69, 9.17) is 0 Å². The van der Waals surface area contributed by atoms with Gasteiger partial charge >= 0.3 is 0 Å². The molecule has 4 heteroatoms. The number of aromatic hydroxyl groups is 2. The van der Waals surface area contributed by atoms with Crippen LogP contribution < -0.4 is 0 Å². The summed E-state index contributed by atoms with van der Waals surface area (Å²) >= 11 is 0. The van der Waals surface area contributed by atoms with E-state index in [1.54, 1.807) is 18.2 Å². The second-order valence-corrected chi connectivity index (χ2v) is 8.29. The molecule has 0 radical (unpaired) electrons. The molecule has 2 N–H and O–H groups in total. The fraction of sp³-hybridized carbons (Fsp3) is 0.440. The van der Waals surface area contributed by atoms with Crippen molar-refractivity contribution in [1.82, 2.24) is 9.47 Å². The third-order valence-electron chi connectivity index (χ3n) is 6.10. The van der Waals surface area contributed by atoms with Crippen molar-refractivity contribution in [2.24, 2.45) is 0 Å². The highest BCUT2D eigenvalue weighted by Crippen LogP contribution is 2.31. The molecule has 2 aromatic carbocycles. The zero-order valence-corrected chi connectivity index (χ0v) is 17.2. The van der Waals surface area contributed by atoms with Gasteiger partial charge in [-0.25, -0.2) is 0 Å². The fourth-order valence-electron chi connectivity index (χ4n) is 4.51. The first kappa shape index (κ1) is 19.8. The van der Waals surface area contributed by atoms with Crippen LogP contribution in [0.25, 0.3) is 22.2 Å². The zero-order valence-electron chi connectivity index (χ0n) is 17.2. The summed E-state index contributed by atoms with van der Waals surface area (Å²) in [6, 6.07) is 15.1. The van der Waals surface area contributed by atoms with Crippen LogP contribution in [0.4, 0.5) is 0 Å². The number of aromatic nitrogens is 1. The van der Waals surface area contributed by atoms with E-state index in [1.165, 1.54) is 58.2 Å². The van der Waals surface area contributed by atoms with Crippen LogP contribution in [0.15, 0.2) is 48.5 Å². The van der Waals surface area contributed by atoms with Crippen molar-refractivity contribution in [3.05, 3.63) is 48.5 Å². The second-order valence-electron chi connectivity index (χ2n) is 8.29. The second kappa shape index (κ2) is 9.36. The van der Waals surface area contributed by atoms with Crippen LogP contribution in [-0.2, 0) is 6.54 Å². The molecule has 0 spiro atoms. The normalized spacial score (nSPS) is 15.2. The van der Waals surface area contributed by atoms with E-state index in [1.807, 2.05) is 24.3 Å². The summed E-state index contributed by atoms with van der Waals surface area (Å²) in [4.78, 5) is 2.62. The fourth-order valence-corrected chi connectivity index (χ4v) is 4.51. The van der Waals surface area contributed by atoms with Gasteiger partial charge in [0, 0.05) is 23.1 Å². The van der Waals surface area contributed by atoms with Gasteiger partial charge in [-0.15, -0.1) is 0 Å². The number of phenolic OH excluding ortho intramolecular Hbond substituents is 2. The molecule has 1 aliphatic rings. The number of likely N-dealkylation sites (tertiary alicyclic amines) is 1. The Morgan fingerprint density at radius 3 is 2.14 bits per heavy atom. The maximum absolute atomic E-state index is 9.87. The molecule has 0 amide bonds. The highest BCUT2D eigenvalue weighted by Gasteiger charge is 2.12. The molecule has 3 aromatic rings. The molecular weight excluding hydrogens is 360 g/mol. The van der Waals surface area contributed by atoms with Gasteiger partial charge in [0.25, 0.3) is 0 Å². The Morgan fingerprint density at radius 1 is 0.690 bits per heavy atom. The number of hydrogen-bond donors (Lipinski definition) is 2. The molecule has 0 atom stereocenters. The van der Waals surface area contributed by atoms with Crippen molar-refractivity contribution >= 4 is 10.9 Å². The lowest BCUT2D eigenvalue weighted by molar-refractivity contribution is 0.224. The number of fused-ring (bicyclic) bond motifs is 1. The van der Waals surface area contributed by atoms with Gasteiger partial charge in [0.2, 0.25) is 0 Å². The van der Waals surface area contributed by atoms with Crippen molar-refractivity contribution in [2.75, 3.05) is 19.6 Å². The molecule has 1 saturated heterocycles. The highest BCUT2D eigenvalue weighted by molar-refractivity contribution is 5.88. The molecular formula is C25H32N2O2. The smallest absolute Gasteiger partial charge is 0.116 e. The topological polar surface area (TPSA) is 48.6 Å². The first-order valence-corrected chi connectivity index (χ1v) is 11.0. The third-order valence-corrected chi connectivity index (χ3v) is 6.10. The van der Waals surface area contributed by atoms with Crippen molar-refractivity contribution < 1.29 is 10.2 Å². The molecule has 4 rings (SSSR count). The number of rotatable bonds is 8. The minimum absolute atomic E-state index is 0.280. The standard InChI is InChI=1S/C25H32N2O2/c28-22-10-8-20(9-11-22)25-19-21-18-23(29)12-13-24(21)27(25)17-7-2-1-4-14-26-15-5-3-6-16-26/h8-13,18-19,28-29H,1-7,14-17H2. The molecule has 4 nitrogen and oxygen atoms in total. The van der Waals surface area contributed by atoms with Gasteiger partial charge in [-0.3, -0.25) is 0 Å². The number of piperidine rings is 1. The molecule has 154 valence electrons. The van der Waals surface area contributed by atoms with E-state index in [9.17, 15) is 10.2 Å². The van der Waals surface area contributed by atoms with Crippen LogP contribution in [-0.4, -0.2) is 39.3 Å². The summed E-state index contributed by atoms with van der Waals surface area (Å²) in [5, 5.41) is 20.5. The third kappa shape index (κ3) is 4.94. The van der Waals surface area contributed by atoms with E-state index < -0.39 is 0 Å². The van der Waals surface area contributed by atoms with Gasteiger partial charge in [-0.2, -0.15) is 0 Å². The van der Waals surface area contributed by atoms with Crippen LogP contribution in [0.1, 0.15) is 44.9 Å². The predicted molar refractivity (Wildman–Crippen MR) is 119 cm³/mol. The Hall–Kier alpha value is -2.46. The van der Waals surface area contributed by atoms with E-state index in [0.29, 0.717) is 5.75 Å². The van der Waals surface area contributed by atoms with Gasteiger partial charge in [-0.1, -0.05) is 19.3 Å². The van der Waals surface area contributed by atoms with Gasteiger partial charge in [0.05, 0.1) is 0 Å². The van der Waals surface area contributed by atoms with Crippen molar-refractivity contribution in [1.29, 1.82) is 0 Å². The maximum Gasteiger partial charge on any atom is 0.116 e. The first-order chi connectivity index (χ1) is 14.2. The summed E-state index contributed by atoms with van der Waals surface area (Å²) in [5.41, 5.74) is 3.38. The number of aryl methyl sites for hydroxylation is 1. The van der Waals surface area contributed by atoms with Crippen molar-refractivity contribution in [3.8, 4) is 22.8 Å². The van der Waals surface area contributed by atoms with E-state index in [0.717, 1.165) is 35.1 Å². The lowest BCUT2D eigenvalue weighted by Crippen LogP contribution is -2.30. The molecule has 29 heavy (non-hydrogen) atoms. The molecule has 0 aliphatic carbocycles. The molecule has 0 saturated carbocycles. The SMILES string of the molecule is Oc1ccc(-c2cc3cc(O)ccc3n2CCCCCCN2CCCCC2)cc1. The van der Waals surface area contributed by atoms with Crippen molar-refractivity contribution in [2.45, 2.75) is 51.5 Å². The zero-order chi connectivity index (χ0) is 20.1. The van der Waals surface area contributed by atoms with Crippen LogP contribution >= 0.6 is 0 Å². The number of hydrogen-bond acceptors (Lipinski definition) is 3. The summed E-state index contributed by atoms with van der Waals surface area (Å²) in [6.07, 6.45) is 9.11. The molecule has 1 aromatic heterocycles. The monoisotopic (exact) mass is 392 g/mol. The molecule has 0 bridgehead atoms. The van der Waals surface area contributed by atoms with Crippen LogP contribution in [0.2, 0.25) is 0 Å². The van der Waals surface area contributed by atoms with E-state index in [-0.39, 0.29) is 5.75 Å². The van der Waals surface area contributed by atoms with Crippen LogP contribution in [0.5, 0.6) is 11.5 Å². The van der Waals surface area contributed by atoms with Gasteiger partial charge in [0.1, 0.15) is 11.5 Å². The van der Waals surface area contributed by atoms with Crippen LogP contribution in [0, 0.1) is 0 Å². The highest BCUT2D eigenvalue weighted by atomic mass is 16.3. The average Bonchev–Trinajstić information content (AvgIpc) is 3.09. The number of benzene rings is 2. The molecule has 1 aliphatic heterocycles. The number of unbranched alkanes of at least 4 members (excludes halogenated alkanes) is 3. The summed E-state index contributed by atoms with van der Waals surface area (Å²) < 4.78 is 2.35.